The molecule has 3 aromatic heterocycles. The molecule has 4 rings (SSSR count). The Hall–Kier alpha value is -2.28. The molecule has 3 aromatic rings. The predicted octanol–water partition coefficient (Wildman–Crippen LogP) is 4.90. The number of carbonyl (C=O) groups excluding carboxylic acids is 1. The van der Waals surface area contributed by atoms with Crippen molar-refractivity contribution in [1.29, 1.82) is 0 Å². The molecule has 1 fully saturated rings. The Morgan fingerprint density at radius 1 is 1.30 bits per heavy atom. The average molecular weight is 384 g/mol. The molecule has 1 aliphatic carbocycles. The van der Waals surface area contributed by atoms with E-state index in [0.29, 0.717) is 16.6 Å². The molecule has 6 nitrogen and oxygen atoms in total. The summed E-state index contributed by atoms with van der Waals surface area (Å²) in [6.45, 7) is 10.5. The SMILES string of the molecule is CC(C)n1ncc2c(C(=O)Nc3nc(C(C)(C)C)cs3)cc(C3CC3)nc21. The molecule has 0 aliphatic heterocycles. The molecule has 1 amide bonds. The number of thiazole rings is 1. The normalized spacial score (nSPS) is 14.9. The Bertz CT molecular complexity index is 1010. The lowest BCUT2D eigenvalue weighted by Crippen LogP contribution is -2.15. The van der Waals surface area contributed by atoms with Crippen molar-refractivity contribution in [2.45, 2.75) is 64.8 Å². The van der Waals surface area contributed by atoms with Crippen LogP contribution in [0.5, 0.6) is 0 Å². The number of aromatic nitrogens is 4. The van der Waals surface area contributed by atoms with Gasteiger partial charge in [-0.05, 0) is 32.8 Å². The fourth-order valence-electron chi connectivity index (χ4n) is 3.03. The van der Waals surface area contributed by atoms with Gasteiger partial charge >= 0.3 is 0 Å². The van der Waals surface area contributed by atoms with Gasteiger partial charge in [-0.3, -0.25) is 10.1 Å². The molecule has 27 heavy (non-hydrogen) atoms. The van der Waals surface area contributed by atoms with Crippen molar-refractivity contribution in [3.05, 3.63) is 34.6 Å². The quantitative estimate of drug-likeness (QED) is 0.696. The third-order valence-electron chi connectivity index (χ3n) is 4.81. The summed E-state index contributed by atoms with van der Waals surface area (Å²) in [5, 5.41) is 10.9. The molecule has 3 heterocycles. The minimum absolute atomic E-state index is 0.0407. The summed E-state index contributed by atoms with van der Waals surface area (Å²) in [7, 11) is 0. The van der Waals surface area contributed by atoms with Gasteiger partial charge in [-0.1, -0.05) is 20.8 Å². The van der Waals surface area contributed by atoms with Gasteiger partial charge in [-0.25, -0.2) is 14.6 Å². The molecule has 0 bridgehead atoms. The third kappa shape index (κ3) is 3.48. The Kier molecular flexibility index (Phi) is 4.29. The largest absolute Gasteiger partial charge is 0.298 e. The maximum Gasteiger partial charge on any atom is 0.258 e. The first kappa shape index (κ1) is 18.1. The number of pyridine rings is 1. The van der Waals surface area contributed by atoms with Gasteiger partial charge in [0.25, 0.3) is 5.91 Å². The molecule has 1 saturated carbocycles. The van der Waals surface area contributed by atoms with E-state index >= 15 is 0 Å². The zero-order valence-corrected chi connectivity index (χ0v) is 17.2. The van der Waals surface area contributed by atoms with Crippen molar-refractivity contribution in [2.24, 2.45) is 0 Å². The Labute approximate surface area is 163 Å². The van der Waals surface area contributed by atoms with Crippen LogP contribution in [0.4, 0.5) is 5.13 Å². The summed E-state index contributed by atoms with van der Waals surface area (Å²) in [5.41, 5.74) is 3.34. The highest BCUT2D eigenvalue weighted by molar-refractivity contribution is 7.14. The Balaban J connectivity index is 1.71. The highest BCUT2D eigenvalue weighted by atomic mass is 32.1. The number of hydrogen-bond acceptors (Lipinski definition) is 5. The molecule has 0 spiro atoms. The van der Waals surface area contributed by atoms with Crippen LogP contribution in [0.25, 0.3) is 11.0 Å². The van der Waals surface area contributed by atoms with Gasteiger partial charge in [-0.15, -0.1) is 11.3 Å². The van der Waals surface area contributed by atoms with E-state index < -0.39 is 0 Å². The van der Waals surface area contributed by atoms with Gasteiger partial charge in [0, 0.05) is 28.4 Å². The van der Waals surface area contributed by atoms with Crippen LogP contribution in [0.15, 0.2) is 17.6 Å². The highest BCUT2D eigenvalue weighted by Crippen LogP contribution is 2.40. The van der Waals surface area contributed by atoms with Crippen LogP contribution in [-0.4, -0.2) is 25.7 Å². The smallest absolute Gasteiger partial charge is 0.258 e. The van der Waals surface area contributed by atoms with E-state index in [4.69, 9.17) is 4.98 Å². The third-order valence-corrected chi connectivity index (χ3v) is 5.57. The summed E-state index contributed by atoms with van der Waals surface area (Å²) in [4.78, 5) is 22.4. The van der Waals surface area contributed by atoms with E-state index in [9.17, 15) is 4.79 Å². The minimum Gasteiger partial charge on any atom is -0.298 e. The molecule has 1 N–H and O–H groups in total. The first-order chi connectivity index (χ1) is 12.7. The minimum atomic E-state index is -0.151. The first-order valence-corrected chi connectivity index (χ1v) is 10.3. The molecular formula is C20H25N5OS. The van der Waals surface area contributed by atoms with E-state index in [1.165, 1.54) is 11.3 Å². The van der Waals surface area contributed by atoms with E-state index in [1.54, 1.807) is 6.20 Å². The number of rotatable bonds is 4. The van der Waals surface area contributed by atoms with E-state index in [-0.39, 0.29) is 17.4 Å². The van der Waals surface area contributed by atoms with Crippen LogP contribution >= 0.6 is 11.3 Å². The maximum atomic E-state index is 13.1. The van der Waals surface area contributed by atoms with Crippen LogP contribution in [-0.2, 0) is 5.41 Å². The number of carbonyl (C=O) groups is 1. The number of nitrogens with one attached hydrogen (secondary N) is 1. The topological polar surface area (TPSA) is 72.7 Å². The van der Waals surface area contributed by atoms with Crippen LogP contribution in [0.3, 0.4) is 0 Å². The fourth-order valence-corrected chi connectivity index (χ4v) is 3.96. The molecule has 7 heteroatoms. The first-order valence-electron chi connectivity index (χ1n) is 9.39. The molecule has 1 aliphatic rings. The van der Waals surface area contributed by atoms with E-state index in [0.717, 1.165) is 35.3 Å². The van der Waals surface area contributed by atoms with E-state index in [1.807, 2.05) is 16.1 Å². The number of nitrogens with zero attached hydrogens (tertiary/aromatic N) is 4. The summed E-state index contributed by atoms with van der Waals surface area (Å²) in [5.74, 6) is 0.311. The Morgan fingerprint density at radius 3 is 2.63 bits per heavy atom. The maximum absolute atomic E-state index is 13.1. The summed E-state index contributed by atoms with van der Waals surface area (Å²) < 4.78 is 1.89. The lowest BCUT2D eigenvalue weighted by Gasteiger charge is -2.14. The van der Waals surface area contributed by atoms with Crippen molar-refractivity contribution in [1.82, 2.24) is 19.7 Å². The zero-order chi connectivity index (χ0) is 19.3. The van der Waals surface area contributed by atoms with Crippen molar-refractivity contribution in [2.75, 3.05) is 5.32 Å². The number of anilines is 1. The van der Waals surface area contributed by atoms with Crippen LogP contribution < -0.4 is 5.32 Å². The average Bonchev–Trinajstić information content (AvgIpc) is 3.16. The van der Waals surface area contributed by atoms with Crippen molar-refractivity contribution >= 4 is 33.4 Å². The summed E-state index contributed by atoms with van der Waals surface area (Å²) >= 11 is 1.46. The standard InChI is InChI=1S/C20H25N5OS/c1-11(2)25-17-14(9-21-25)13(8-15(22-17)12-6-7-12)18(26)24-19-23-16(10-27-19)20(3,4)5/h8-12H,6-7H2,1-5H3,(H,23,24,26). The van der Waals surface area contributed by atoms with Crippen LogP contribution in [0.2, 0.25) is 0 Å². The fraction of sp³-hybridized carbons (Fsp3) is 0.500. The van der Waals surface area contributed by atoms with E-state index in [2.05, 4.69) is 50.0 Å². The second-order valence-electron chi connectivity index (χ2n) is 8.53. The van der Waals surface area contributed by atoms with Gasteiger partial charge in [-0.2, -0.15) is 5.10 Å². The lowest BCUT2D eigenvalue weighted by atomic mass is 9.93. The molecule has 0 unspecified atom stereocenters. The number of fused-ring (bicyclic) bond motifs is 1. The summed E-state index contributed by atoms with van der Waals surface area (Å²) in [6.07, 6.45) is 4.02. The number of hydrogen-bond donors (Lipinski definition) is 1. The lowest BCUT2D eigenvalue weighted by molar-refractivity contribution is 0.102. The second-order valence-corrected chi connectivity index (χ2v) is 9.39. The molecule has 0 aromatic carbocycles. The van der Waals surface area contributed by atoms with Gasteiger partial charge in [0.2, 0.25) is 0 Å². The highest BCUT2D eigenvalue weighted by Gasteiger charge is 2.28. The number of amides is 1. The molecule has 0 atom stereocenters. The molecular weight excluding hydrogens is 358 g/mol. The predicted molar refractivity (Wildman–Crippen MR) is 109 cm³/mol. The monoisotopic (exact) mass is 383 g/mol. The molecule has 142 valence electrons. The van der Waals surface area contributed by atoms with Crippen molar-refractivity contribution < 1.29 is 4.79 Å². The molecule has 0 radical (unpaired) electrons. The van der Waals surface area contributed by atoms with Gasteiger partial charge < -0.3 is 0 Å². The molecule has 0 saturated heterocycles. The van der Waals surface area contributed by atoms with Gasteiger partial charge in [0.15, 0.2) is 10.8 Å². The van der Waals surface area contributed by atoms with Crippen molar-refractivity contribution in [3.8, 4) is 0 Å². The van der Waals surface area contributed by atoms with Crippen LogP contribution in [0, 0.1) is 0 Å². The zero-order valence-electron chi connectivity index (χ0n) is 16.4. The second kappa shape index (κ2) is 6.41. The van der Waals surface area contributed by atoms with Gasteiger partial charge in [0.05, 0.1) is 22.8 Å². The Morgan fingerprint density at radius 2 is 2.04 bits per heavy atom. The van der Waals surface area contributed by atoms with Crippen LogP contribution in [0.1, 0.15) is 81.2 Å². The summed E-state index contributed by atoms with van der Waals surface area (Å²) in [6, 6.07) is 2.12. The van der Waals surface area contributed by atoms with Gasteiger partial charge in [0.1, 0.15) is 0 Å². The van der Waals surface area contributed by atoms with Crippen molar-refractivity contribution in [3.63, 3.8) is 0 Å².